The number of rotatable bonds is 4. The Morgan fingerprint density at radius 3 is 2.46 bits per heavy atom. The third kappa shape index (κ3) is 4.14. The number of hydrogen-bond acceptors (Lipinski definition) is 2. The van der Waals surface area contributed by atoms with Crippen LogP contribution in [0.5, 0.6) is 0 Å². The molecule has 0 spiro atoms. The van der Waals surface area contributed by atoms with Gasteiger partial charge in [0, 0.05) is 10.0 Å². The Hall–Kier alpha value is -2.17. The number of benzene rings is 3. The van der Waals surface area contributed by atoms with Crippen molar-refractivity contribution in [2.45, 2.75) is 6.54 Å². The van der Waals surface area contributed by atoms with E-state index < -0.39 is 0 Å². The van der Waals surface area contributed by atoms with Crippen molar-refractivity contribution >= 4 is 32.9 Å². The van der Waals surface area contributed by atoms with E-state index in [2.05, 4.69) is 80.6 Å². The first-order chi connectivity index (χ1) is 12.8. The van der Waals surface area contributed by atoms with Gasteiger partial charge in [0.1, 0.15) is 6.54 Å². The minimum atomic E-state index is 1.01. The molecule has 0 atom stereocenters. The number of hydrogen-bond donors (Lipinski definition) is 1. The Labute approximate surface area is 163 Å². The second kappa shape index (κ2) is 8.02. The molecule has 3 aromatic carbocycles. The Kier molecular flexibility index (Phi) is 5.32. The number of piperazine rings is 1. The molecule has 0 saturated carbocycles. The van der Waals surface area contributed by atoms with E-state index in [0.29, 0.717) is 0 Å². The summed E-state index contributed by atoms with van der Waals surface area (Å²) in [5, 5.41) is 9.57. The molecule has 0 amide bonds. The van der Waals surface area contributed by atoms with Gasteiger partial charge in [-0.15, -0.1) is 0 Å². The normalized spacial score (nSPS) is 15.8. The lowest BCUT2D eigenvalue weighted by atomic mass is 10.0. The molecular weight excluding hydrogens is 386 g/mol. The molecule has 0 radical (unpaired) electrons. The molecule has 1 fully saturated rings. The second-order valence-electron chi connectivity index (χ2n) is 6.81. The summed E-state index contributed by atoms with van der Waals surface area (Å²) in [5.74, 6) is 0. The van der Waals surface area contributed by atoms with Crippen LogP contribution in [0.25, 0.3) is 10.8 Å². The highest BCUT2D eigenvalue weighted by Gasteiger charge is 2.19. The van der Waals surface area contributed by atoms with Crippen molar-refractivity contribution in [1.29, 1.82) is 0 Å². The van der Waals surface area contributed by atoms with Crippen LogP contribution in [-0.2, 0) is 6.54 Å². The quantitative estimate of drug-likeness (QED) is 0.656. The van der Waals surface area contributed by atoms with Crippen LogP contribution in [0.4, 0.5) is 0 Å². The number of hydrazone groups is 1. The number of nitrogens with zero attached hydrogens (tertiary/aromatic N) is 2. The molecule has 0 aromatic heterocycles. The average Bonchev–Trinajstić information content (AvgIpc) is 2.69. The highest BCUT2D eigenvalue weighted by Crippen LogP contribution is 2.17. The summed E-state index contributed by atoms with van der Waals surface area (Å²) in [6.07, 6.45) is 1.96. The molecule has 4 heteroatoms. The van der Waals surface area contributed by atoms with Gasteiger partial charge in [-0.2, -0.15) is 5.10 Å². The Bertz CT molecular complexity index is 891. The van der Waals surface area contributed by atoms with Crippen molar-refractivity contribution in [1.82, 2.24) is 5.01 Å². The van der Waals surface area contributed by atoms with E-state index >= 15 is 0 Å². The number of nitrogens with one attached hydrogen (secondary N) is 1. The van der Waals surface area contributed by atoms with Crippen LogP contribution < -0.4 is 4.90 Å². The molecule has 1 aliphatic rings. The van der Waals surface area contributed by atoms with Gasteiger partial charge in [0.25, 0.3) is 0 Å². The van der Waals surface area contributed by atoms with Gasteiger partial charge in [0.2, 0.25) is 0 Å². The number of halogens is 1. The average molecular weight is 409 g/mol. The summed E-state index contributed by atoms with van der Waals surface area (Å²) in [6, 6.07) is 23.6. The van der Waals surface area contributed by atoms with Crippen molar-refractivity contribution < 1.29 is 4.90 Å². The first-order valence-electron chi connectivity index (χ1n) is 9.13. The number of fused-ring (bicyclic) bond motifs is 1. The van der Waals surface area contributed by atoms with Crippen molar-refractivity contribution in [3.63, 3.8) is 0 Å². The van der Waals surface area contributed by atoms with Crippen molar-refractivity contribution in [2.24, 2.45) is 5.10 Å². The maximum absolute atomic E-state index is 4.65. The highest BCUT2D eigenvalue weighted by molar-refractivity contribution is 9.10. The standard InChI is InChI=1S/C22H22BrN3/c23-21-10-8-18(9-11-21)16-24-26-14-12-25(13-15-26)17-20-6-3-5-19-4-1-2-7-22(19)20/h1-11,16H,12-15,17H2/p+1/b24-16-. The van der Waals surface area contributed by atoms with Crippen molar-refractivity contribution in [3.05, 3.63) is 82.3 Å². The van der Waals surface area contributed by atoms with Gasteiger partial charge in [0.15, 0.2) is 0 Å². The van der Waals surface area contributed by atoms with Gasteiger partial charge in [-0.25, -0.2) is 0 Å². The van der Waals surface area contributed by atoms with Gasteiger partial charge >= 0.3 is 0 Å². The zero-order valence-electron chi connectivity index (χ0n) is 14.7. The van der Waals surface area contributed by atoms with E-state index in [0.717, 1.165) is 42.8 Å². The summed E-state index contributed by atoms with van der Waals surface area (Å²) in [5.41, 5.74) is 2.59. The van der Waals surface area contributed by atoms with Gasteiger partial charge in [-0.3, -0.25) is 5.01 Å². The lowest BCUT2D eigenvalue weighted by molar-refractivity contribution is -0.918. The molecule has 26 heavy (non-hydrogen) atoms. The minimum Gasteiger partial charge on any atom is -0.328 e. The van der Waals surface area contributed by atoms with Crippen LogP contribution in [-0.4, -0.2) is 37.4 Å². The molecule has 132 valence electrons. The molecular formula is C22H23BrN3+. The third-order valence-corrected chi connectivity index (χ3v) is 5.54. The van der Waals surface area contributed by atoms with Crippen LogP contribution in [0, 0.1) is 0 Å². The van der Waals surface area contributed by atoms with Crippen LogP contribution in [0.15, 0.2) is 76.3 Å². The van der Waals surface area contributed by atoms with Gasteiger partial charge in [-0.05, 0) is 28.5 Å². The van der Waals surface area contributed by atoms with E-state index in [-0.39, 0.29) is 0 Å². The lowest BCUT2D eigenvalue weighted by Crippen LogP contribution is -3.13. The van der Waals surface area contributed by atoms with E-state index in [1.54, 1.807) is 4.90 Å². The summed E-state index contributed by atoms with van der Waals surface area (Å²) in [6.45, 7) is 5.35. The molecule has 3 nitrogen and oxygen atoms in total. The molecule has 0 aliphatic carbocycles. The Balaban J connectivity index is 1.35. The molecule has 1 saturated heterocycles. The van der Waals surface area contributed by atoms with Gasteiger partial charge < -0.3 is 4.90 Å². The SMILES string of the molecule is Brc1ccc(/C=N\N2CC[NH+](Cc3cccc4ccccc34)CC2)cc1. The summed E-state index contributed by atoms with van der Waals surface area (Å²) in [7, 11) is 0. The Morgan fingerprint density at radius 1 is 0.923 bits per heavy atom. The van der Waals surface area contributed by atoms with E-state index in [4.69, 9.17) is 0 Å². The van der Waals surface area contributed by atoms with Gasteiger partial charge in [-0.1, -0.05) is 70.5 Å². The zero-order chi connectivity index (χ0) is 17.8. The molecule has 1 heterocycles. The first kappa shape index (κ1) is 17.3. The molecule has 1 aliphatic heterocycles. The minimum absolute atomic E-state index is 1.01. The summed E-state index contributed by atoms with van der Waals surface area (Å²) in [4.78, 5) is 1.64. The third-order valence-electron chi connectivity index (χ3n) is 5.01. The van der Waals surface area contributed by atoms with Crippen LogP contribution in [0.1, 0.15) is 11.1 Å². The maximum Gasteiger partial charge on any atom is 0.104 e. The summed E-state index contributed by atoms with van der Waals surface area (Å²) >= 11 is 3.46. The predicted molar refractivity (Wildman–Crippen MR) is 112 cm³/mol. The molecule has 4 rings (SSSR count). The van der Waals surface area contributed by atoms with Crippen molar-refractivity contribution in [2.75, 3.05) is 26.2 Å². The van der Waals surface area contributed by atoms with E-state index in [1.807, 2.05) is 18.3 Å². The monoisotopic (exact) mass is 408 g/mol. The highest BCUT2D eigenvalue weighted by atomic mass is 79.9. The zero-order valence-corrected chi connectivity index (χ0v) is 16.3. The predicted octanol–water partition coefficient (Wildman–Crippen LogP) is 3.34. The molecule has 0 unspecified atom stereocenters. The maximum atomic E-state index is 4.65. The molecule has 1 N–H and O–H groups in total. The van der Waals surface area contributed by atoms with Crippen LogP contribution in [0.3, 0.4) is 0 Å². The molecule has 0 bridgehead atoms. The van der Waals surface area contributed by atoms with Gasteiger partial charge in [0.05, 0.1) is 32.4 Å². The smallest absolute Gasteiger partial charge is 0.104 e. The Morgan fingerprint density at radius 2 is 1.65 bits per heavy atom. The fourth-order valence-electron chi connectivity index (χ4n) is 3.52. The second-order valence-corrected chi connectivity index (χ2v) is 7.73. The first-order valence-corrected chi connectivity index (χ1v) is 9.92. The van der Waals surface area contributed by atoms with E-state index in [9.17, 15) is 0 Å². The molecule has 3 aromatic rings. The van der Waals surface area contributed by atoms with E-state index in [1.165, 1.54) is 16.3 Å². The summed E-state index contributed by atoms with van der Waals surface area (Å²) < 4.78 is 1.10. The topological polar surface area (TPSA) is 20.0 Å². The van der Waals surface area contributed by atoms with Crippen LogP contribution >= 0.6 is 15.9 Å². The van der Waals surface area contributed by atoms with Crippen molar-refractivity contribution in [3.8, 4) is 0 Å². The van der Waals surface area contributed by atoms with Crippen LogP contribution in [0.2, 0.25) is 0 Å². The fourth-order valence-corrected chi connectivity index (χ4v) is 3.78. The lowest BCUT2D eigenvalue weighted by Gasteiger charge is -2.30. The number of quaternary nitrogens is 1. The largest absolute Gasteiger partial charge is 0.328 e. The fraction of sp³-hybridized carbons (Fsp3) is 0.227.